The lowest BCUT2D eigenvalue weighted by atomic mass is 9.95. The Labute approximate surface area is 105 Å². The van der Waals surface area contributed by atoms with Crippen LogP contribution in [0.1, 0.15) is 38.3 Å². The van der Waals surface area contributed by atoms with E-state index in [0.717, 1.165) is 19.3 Å². The normalized spacial score (nSPS) is 13.7. The first-order chi connectivity index (χ1) is 7.90. The molecule has 0 bridgehead atoms. The number of methoxy groups -OCH3 is 1. The van der Waals surface area contributed by atoms with Gasteiger partial charge in [-0.2, -0.15) is 0 Å². The van der Waals surface area contributed by atoms with Gasteiger partial charge in [0.1, 0.15) is 0 Å². The molecule has 0 aromatic heterocycles. The van der Waals surface area contributed by atoms with Gasteiger partial charge in [-0.05, 0) is 51.2 Å². The zero-order valence-electron chi connectivity index (χ0n) is 11.5. The van der Waals surface area contributed by atoms with Gasteiger partial charge in [-0.1, -0.05) is 24.3 Å². The van der Waals surface area contributed by atoms with Gasteiger partial charge < -0.3 is 10.5 Å². The van der Waals surface area contributed by atoms with E-state index >= 15 is 0 Å². The molecule has 1 rings (SSSR count). The third-order valence-electron chi connectivity index (χ3n) is 2.92. The topological polar surface area (TPSA) is 35.2 Å². The maximum Gasteiger partial charge on any atom is 0.0546 e. The highest BCUT2D eigenvalue weighted by atomic mass is 16.5. The van der Waals surface area contributed by atoms with Crippen molar-refractivity contribution in [2.45, 2.75) is 51.7 Å². The molecule has 1 aromatic carbocycles. The van der Waals surface area contributed by atoms with Gasteiger partial charge in [-0.15, -0.1) is 0 Å². The van der Waals surface area contributed by atoms with Crippen molar-refractivity contribution in [3.05, 3.63) is 35.4 Å². The van der Waals surface area contributed by atoms with Gasteiger partial charge >= 0.3 is 0 Å². The van der Waals surface area contributed by atoms with Crippen LogP contribution in [-0.2, 0) is 17.6 Å². The highest BCUT2D eigenvalue weighted by Gasteiger charge is 2.11. The summed E-state index contributed by atoms with van der Waals surface area (Å²) in [5, 5.41) is 0. The molecule has 0 saturated carbocycles. The third-order valence-corrected chi connectivity index (χ3v) is 2.92. The second-order valence-corrected chi connectivity index (χ2v) is 5.57. The van der Waals surface area contributed by atoms with E-state index < -0.39 is 0 Å². The van der Waals surface area contributed by atoms with Crippen LogP contribution in [0.2, 0.25) is 0 Å². The summed E-state index contributed by atoms with van der Waals surface area (Å²) in [6.07, 6.45) is 3.39. The highest BCUT2D eigenvalue weighted by Crippen LogP contribution is 2.13. The van der Waals surface area contributed by atoms with Crippen molar-refractivity contribution in [3.8, 4) is 0 Å². The van der Waals surface area contributed by atoms with Crippen LogP contribution in [-0.4, -0.2) is 18.8 Å². The molecule has 0 aliphatic heterocycles. The summed E-state index contributed by atoms with van der Waals surface area (Å²) >= 11 is 0. The summed E-state index contributed by atoms with van der Waals surface area (Å²) in [7, 11) is 1.76. The van der Waals surface area contributed by atoms with Gasteiger partial charge in [0.05, 0.1) is 6.10 Å². The van der Waals surface area contributed by atoms with Crippen LogP contribution in [0.3, 0.4) is 0 Å². The molecule has 1 atom stereocenters. The molecule has 0 aliphatic carbocycles. The molecule has 0 aliphatic rings. The standard InChI is InChI=1S/C15H25NO/c1-12(17-4)5-6-13-7-9-14(10-8-13)11-15(2,3)16/h7-10,12H,5-6,11,16H2,1-4H3. The van der Waals surface area contributed by atoms with Crippen LogP contribution in [0.25, 0.3) is 0 Å². The number of hydrogen-bond acceptors (Lipinski definition) is 2. The van der Waals surface area contributed by atoms with Crippen LogP contribution in [0.15, 0.2) is 24.3 Å². The van der Waals surface area contributed by atoms with E-state index in [1.807, 2.05) is 0 Å². The van der Waals surface area contributed by atoms with Crippen molar-refractivity contribution in [3.63, 3.8) is 0 Å². The molecule has 0 fully saturated rings. The molecule has 0 amide bonds. The Morgan fingerprint density at radius 2 is 1.71 bits per heavy atom. The Balaban J connectivity index is 2.50. The lowest BCUT2D eigenvalue weighted by molar-refractivity contribution is 0.111. The van der Waals surface area contributed by atoms with Crippen molar-refractivity contribution in [1.82, 2.24) is 0 Å². The average Bonchev–Trinajstić information content (AvgIpc) is 2.25. The smallest absolute Gasteiger partial charge is 0.0546 e. The first kappa shape index (κ1) is 14.2. The molecular formula is C15H25NO. The van der Waals surface area contributed by atoms with E-state index in [1.165, 1.54) is 11.1 Å². The van der Waals surface area contributed by atoms with E-state index in [-0.39, 0.29) is 5.54 Å². The molecule has 2 heteroatoms. The lowest BCUT2D eigenvalue weighted by Crippen LogP contribution is -2.34. The maximum atomic E-state index is 6.01. The van der Waals surface area contributed by atoms with Gasteiger partial charge in [0.2, 0.25) is 0 Å². The summed E-state index contributed by atoms with van der Waals surface area (Å²) in [6.45, 7) is 6.22. The van der Waals surface area contributed by atoms with Crippen LogP contribution in [0, 0.1) is 0 Å². The number of rotatable bonds is 6. The van der Waals surface area contributed by atoms with E-state index in [1.54, 1.807) is 7.11 Å². The molecule has 0 heterocycles. The Bertz CT molecular complexity index is 324. The minimum atomic E-state index is -0.133. The van der Waals surface area contributed by atoms with E-state index in [2.05, 4.69) is 45.0 Å². The van der Waals surface area contributed by atoms with Gasteiger partial charge in [-0.25, -0.2) is 0 Å². The van der Waals surface area contributed by atoms with Crippen LogP contribution in [0.5, 0.6) is 0 Å². The summed E-state index contributed by atoms with van der Waals surface area (Å²) < 4.78 is 5.24. The second kappa shape index (κ2) is 6.18. The minimum Gasteiger partial charge on any atom is -0.382 e. The summed E-state index contributed by atoms with van der Waals surface area (Å²) in [4.78, 5) is 0. The number of ether oxygens (including phenoxy) is 1. The second-order valence-electron chi connectivity index (χ2n) is 5.57. The highest BCUT2D eigenvalue weighted by molar-refractivity contribution is 5.24. The predicted octanol–water partition coefficient (Wildman–Crippen LogP) is 2.93. The summed E-state index contributed by atoms with van der Waals surface area (Å²) in [5.74, 6) is 0. The first-order valence-electron chi connectivity index (χ1n) is 6.30. The molecule has 2 nitrogen and oxygen atoms in total. The van der Waals surface area contributed by atoms with Crippen molar-refractivity contribution >= 4 is 0 Å². The lowest BCUT2D eigenvalue weighted by Gasteiger charge is -2.18. The fourth-order valence-corrected chi connectivity index (χ4v) is 1.84. The Morgan fingerprint density at radius 1 is 1.18 bits per heavy atom. The number of nitrogens with two attached hydrogens (primary N) is 1. The molecule has 17 heavy (non-hydrogen) atoms. The average molecular weight is 235 g/mol. The number of hydrogen-bond donors (Lipinski definition) is 1. The van der Waals surface area contributed by atoms with Crippen molar-refractivity contribution in [1.29, 1.82) is 0 Å². The SMILES string of the molecule is COC(C)CCc1ccc(CC(C)(C)N)cc1. The quantitative estimate of drug-likeness (QED) is 0.823. The van der Waals surface area contributed by atoms with Gasteiger partial charge in [0, 0.05) is 12.6 Å². The molecule has 0 saturated heterocycles. The molecule has 1 unspecified atom stereocenters. The van der Waals surface area contributed by atoms with Crippen molar-refractivity contribution in [2.24, 2.45) is 5.73 Å². The zero-order valence-corrected chi connectivity index (χ0v) is 11.5. The molecule has 96 valence electrons. The van der Waals surface area contributed by atoms with Crippen molar-refractivity contribution in [2.75, 3.05) is 7.11 Å². The van der Waals surface area contributed by atoms with E-state index in [9.17, 15) is 0 Å². The van der Waals surface area contributed by atoms with Crippen LogP contribution >= 0.6 is 0 Å². The largest absolute Gasteiger partial charge is 0.382 e. The fraction of sp³-hybridized carbons (Fsp3) is 0.600. The van der Waals surface area contributed by atoms with Crippen molar-refractivity contribution < 1.29 is 4.74 Å². The molecule has 2 N–H and O–H groups in total. The van der Waals surface area contributed by atoms with Gasteiger partial charge in [0.25, 0.3) is 0 Å². The maximum absolute atomic E-state index is 6.01. The van der Waals surface area contributed by atoms with Crippen LogP contribution < -0.4 is 5.73 Å². The number of aryl methyl sites for hydroxylation is 1. The molecular weight excluding hydrogens is 210 g/mol. The van der Waals surface area contributed by atoms with E-state index in [0.29, 0.717) is 6.10 Å². The first-order valence-corrected chi connectivity index (χ1v) is 6.30. The number of benzene rings is 1. The fourth-order valence-electron chi connectivity index (χ4n) is 1.84. The summed E-state index contributed by atoms with van der Waals surface area (Å²) in [6, 6.07) is 8.76. The summed E-state index contributed by atoms with van der Waals surface area (Å²) in [5.41, 5.74) is 8.55. The van der Waals surface area contributed by atoms with E-state index in [4.69, 9.17) is 10.5 Å². The van der Waals surface area contributed by atoms with Crippen LogP contribution in [0.4, 0.5) is 0 Å². The molecule has 1 aromatic rings. The van der Waals surface area contributed by atoms with Gasteiger partial charge in [-0.3, -0.25) is 0 Å². The molecule has 0 spiro atoms. The molecule has 0 radical (unpaired) electrons. The third kappa shape index (κ3) is 5.85. The zero-order chi connectivity index (χ0) is 12.9. The predicted molar refractivity (Wildman–Crippen MR) is 73.2 cm³/mol. The minimum absolute atomic E-state index is 0.133. The Morgan fingerprint density at radius 3 is 2.18 bits per heavy atom. The Kier molecular flexibility index (Phi) is 5.16. The Hall–Kier alpha value is -0.860. The monoisotopic (exact) mass is 235 g/mol. The van der Waals surface area contributed by atoms with Gasteiger partial charge in [0.15, 0.2) is 0 Å².